The summed E-state index contributed by atoms with van der Waals surface area (Å²) >= 11 is 0. The molecule has 1 heterocycles. The molecular formula is C27H34N2O4. The first-order valence-corrected chi connectivity index (χ1v) is 12.2. The summed E-state index contributed by atoms with van der Waals surface area (Å²) in [6.07, 6.45) is 6.79. The number of benzene rings is 2. The van der Waals surface area contributed by atoms with Gasteiger partial charge in [0.1, 0.15) is 5.60 Å². The Morgan fingerprint density at radius 1 is 1.06 bits per heavy atom. The number of ether oxygens (including phenoxy) is 2. The molecule has 1 atom stereocenters. The van der Waals surface area contributed by atoms with E-state index in [9.17, 15) is 9.90 Å². The molecule has 1 saturated heterocycles. The first kappa shape index (κ1) is 22.1. The molecule has 0 radical (unpaired) electrons. The molecular weight excluding hydrogens is 416 g/mol. The minimum Gasteiger partial charge on any atom is -0.493 e. The summed E-state index contributed by atoms with van der Waals surface area (Å²) in [7, 11) is 1.68. The highest BCUT2D eigenvalue weighted by Gasteiger charge is 2.51. The van der Waals surface area contributed by atoms with Crippen molar-refractivity contribution in [3.63, 3.8) is 0 Å². The number of rotatable bonds is 7. The molecule has 2 aromatic carbocycles. The van der Waals surface area contributed by atoms with Crippen LogP contribution in [0.3, 0.4) is 0 Å². The largest absolute Gasteiger partial charge is 0.493 e. The van der Waals surface area contributed by atoms with Crippen LogP contribution in [0.5, 0.6) is 11.5 Å². The van der Waals surface area contributed by atoms with Crippen LogP contribution in [-0.2, 0) is 11.2 Å². The standard InChI is InChI=1S/C27H34N2O4/c1-32-24-12-11-21(18-25(24)33-23-9-5-6-10-23)28-15-16-29(26(30)27(31)13-14-27)22(19-28)17-20-7-3-2-4-8-20/h2-4,7-8,11-12,18,22-23,31H,5-6,9-10,13-17,19H2,1H3. The van der Waals surface area contributed by atoms with Gasteiger partial charge in [-0.05, 0) is 62.6 Å². The van der Waals surface area contributed by atoms with E-state index in [1.54, 1.807) is 7.11 Å². The average Bonchev–Trinajstić information content (AvgIpc) is 3.38. The number of carbonyl (C=O) groups is 1. The summed E-state index contributed by atoms with van der Waals surface area (Å²) in [5.74, 6) is 1.45. The van der Waals surface area contributed by atoms with Crippen LogP contribution in [0.1, 0.15) is 44.1 Å². The van der Waals surface area contributed by atoms with Crippen molar-refractivity contribution in [3.05, 3.63) is 54.1 Å². The van der Waals surface area contributed by atoms with E-state index in [4.69, 9.17) is 9.47 Å². The molecule has 0 aromatic heterocycles. The average molecular weight is 451 g/mol. The molecule has 2 aromatic rings. The lowest BCUT2D eigenvalue weighted by molar-refractivity contribution is -0.145. The van der Waals surface area contributed by atoms with E-state index < -0.39 is 5.60 Å². The molecule has 2 saturated carbocycles. The Hall–Kier alpha value is -2.73. The number of nitrogens with zero attached hydrogens (tertiary/aromatic N) is 2. The number of hydrogen-bond acceptors (Lipinski definition) is 5. The van der Waals surface area contributed by atoms with Crippen molar-refractivity contribution in [2.24, 2.45) is 0 Å². The zero-order valence-electron chi connectivity index (χ0n) is 19.4. The third kappa shape index (κ3) is 4.81. The van der Waals surface area contributed by atoms with Crippen LogP contribution in [0.25, 0.3) is 0 Å². The fourth-order valence-corrected chi connectivity index (χ4v) is 5.16. The van der Waals surface area contributed by atoms with Crippen molar-refractivity contribution in [2.75, 3.05) is 31.6 Å². The van der Waals surface area contributed by atoms with Gasteiger partial charge in [-0.3, -0.25) is 4.79 Å². The molecule has 2 aliphatic carbocycles. The summed E-state index contributed by atoms with van der Waals surface area (Å²) in [5, 5.41) is 10.5. The Kier molecular flexibility index (Phi) is 6.19. The Labute approximate surface area is 196 Å². The summed E-state index contributed by atoms with van der Waals surface area (Å²) in [6.45, 7) is 2.04. The van der Waals surface area contributed by atoms with E-state index >= 15 is 0 Å². The molecule has 33 heavy (non-hydrogen) atoms. The van der Waals surface area contributed by atoms with Crippen LogP contribution < -0.4 is 14.4 Å². The van der Waals surface area contributed by atoms with Crippen molar-refractivity contribution in [2.45, 2.75) is 62.7 Å². The van der Waals surface area contributed by atoms with Crippen LogP contribution in [0.15, 0.2) is 48.5 Å². The van der Waals surface area contributed by atoms with Gasteiger partial charge >= 0.3 is 0 Å². The number of aliphatic hydroxyl groups is 1. The molecule has 176 valence electrons. The van der Waals surface area contributed by atoms with Crippen LogP contribution >= 0.6 is 0 Å². The second-order valence-electron chi connectivity index (χ2n) is 9.68. The molecule has 0 bridgehead atoms. The van der Waals surface area contributed by atoms with Crippen molar-refractivity contribution in [3.8, 4) is 11.5 Å². The maximum absolute atomic E-state index is 13.1. The zero-order chi connectivity index (χ0) is 22.8. The van der Waals surface area contributed by atoms with Crippen molar-refractivity contribution >= 4 is 11.6 Å². The quantitative estimate of drug-likeness (QED) is 0.695. The topological polar surface area (TPSA) is 62.2 Å². The monoisotopic (exact) mass is 450 g/mol. The predicted molar refractivity (Wildman–Crippen MR) is 128 cm³/mol. The van der Waals surface area contributed by atoms with E-state index in [0.29, 0.717) is 25.9 Å². The number of carbonyl (C=O) groups excluding carboxylic acids is 1. The Morgan fingerprint density at radius 3 is 2.52 bits per heavy atom. The molecule has 1 N–H and O–H groups in total. The number of anilines is 1. The summed E-state index contributed by atoms with van der Waals surface area (Å²) < 4.78 is 11.9. The van der Waals surface area contributed by atoms with Gasteiger partial charge in [-0.1, -0.05) is 30.3 Å². The fourth-order valence-electron chi connectivity index (χ4n) is 5.16. The molecule has 6 nitrogen and oxygen atoms in total. The van der Waals surface area contributed by atoms with Gasteiger partial charge in [0.15, 0.2) is 11.5 Å². The molecule has 3 fully saturated rings. The van der Waals surface area contributed by atoms with Crippen molar-refractivity contribution in [1.29, 1.82) is 0 Å². The second kappa shape index (κ2) is 9.26. The first-order valence-electron chi connectivity index (χ1n) is 12.2. The lowest BCUT2D eigenvalue weighted by Gasteiger charge is -2.43. The van der Waals surface area contributed by atoms with E-state index in [1.165, 1.54) is 18.4 Å². The maximum Gasteiger partial charge on any atom is 0.254 e. The van der Waals surface area contributed by atoms with E-state index in [1.807, 2.05) is 29.2 Å². The van der Waals surface area contributed by atoms with Gasteiger partial charge in [0.2, 0.25) is 0 Å². The predicted octanol–water partition coefficient (Wildman–Crippen LogP) is 3.80. The third-order valence-electron chi connectivity index (χ3n) is 7.29. The minimum absolute atomic E-state index is 0.000392. The van der Waals surface area contributed by atoms with E-state index in [-0.39, 0.29) is 18.1 Å². The van der Waals surface area contributed by atoms with Gasteiger partial charge in [0, 0.05) is 31.4 Å². The minimum atomic E-state index is -1.14. The Bertz CT molecular complexity index is 969. The highest BCUT2D eigenvalue weighted by atomic mass is 16.5. The zero-order valence-corrected chi connectivity index (χ0v) is 19.4. The number of amides is 1. The van der Waals surface area contributed by atoms with Crippen molar-refractivity contribution in [1.82, 2.24) is 4.90 Å². The van der Waals surface area contributed by atoms with Crippen LogP contribution in [0, 0.1) is 0 Å². The smallest absolute Gasteiger partial charge is 0.254 e. The molecule has 1 aliphatic heterocycles. The Morgan fingerprint density at radius 2 is 1.82 bits per heavy atom. The SMILES string of the molecule is COc1ccc(N2CCN(C(=O)C3(O)CC3)C(Cc3ccccc3)C2)cc1OC1CCCC1. The molecule has 3 aliphatic rings. The van der Waals surface area contributed by atoms with Gasteiger partial charge in [-0.25, -0.2) is 0 Å². The summed E-state index contributed by atoms with van der Waals surface area (Å²) in [5.41, 5.74) is 1.14. The normalized spacial score (nSPS) is 22.3. The highest BCUT2D eigenvalue weighted by molar-refractivity contribution is 5.88. The molecule has 1 unspecified atom stereocenters. The summed E-state index contributed by atoms with van der Waals surface area (Å²) in [6, 6.07) is 16.4. The fraction of sp³-hybridized carbons (Fsp3) is 0.519. The number of methoxy groups -OCH3 is 1. The van der Waals surface area contributed by atoms with Crippen LogP contribution in [0.4, 0.5) is 5.69 Å². The van der Waals surface area contributed by atoms with Gasteiger partial charge in [-0.2, -0.15) is 0 Å². The van der Waals surface area contributed by atoms with Gasteiger partial charge in [0.25, 0.3) is 5.91 Å². The van der Waals surface area contributed by atoms with E-state index in [2.05, 4.69) is 29.2 Å². The third-order valence-corrected chi connectivity index (χ3v) is 7.29. The molecule has 5 rings (SSSR count). The number of piperazine rings is 1. The lowest BCUT2D eigenvalue weighted by Crippen LogP contribution is -2.58. The van der Waals surface area contributed by atoms with Gasteiger partial charge < -0.3 is 24.4 Å². The first-order chi connectivity index (χ1) is 16.1. The summed E-state index contributed by atoms with van der Waals surface area (Å²) in [4.78, 5) is 17.3. The maximum atomic E-state index is 13.1. The highest BCUT2D eigenvalue weighted by Crippen LogP contribution is 2.39. The Balaban J connectivity index is 1.37. The molecule has 1 amide bonds. The molecule has 6 heteroatoms. The van der Waals surface area contributed by atoms with Crippen LogP contribution in [-0.4, -0.2) is 60.4 Å². The van der Waals surface area contributed by atoms with Crippen LogP contribution in [0.2, 0.25) is 0 Å². The lowest BCUT2D eigenvalue weighted by atomic mass is 10.0. The molecule has 0 spiro atoms. The van der Waals surface area contributed by atoms with Gasteiger partial charge in [0.05, 0.1) is 19.3 Å². The number of hydrogen-bond donors (Lipinski definition) is 1. The van der Waals surface area contributed by atoms with E-state index in [0.717, 1.165) is 43.0 Å². The second-order valence-corrected chi connectivity index (χ2v) is 9.68. The van der Waals surface area contributed by atoms with Gasteiger partial charge in [-0.15, -0.1) is 0 Å². The van der Waals surface area contributed by atoms with Crippen molar-refractivity contribution < 1.29 is 19.4 Å².